The molecule has 4 rings (SSSR count). The average Bonchev–Trinajstić information content (AvgIpc) is 3.14. The summed E-state index contributed by atoms with van der Waals surface area (Å²) < 4.78 is 2.16. The molecule has 0 aliphatic heterocycles. The van der Waals surface area contributed by atoms with Crippen molar-refractivity contribution in [3.8, 4) is 0 Å². The van der Waals surface area contributed by atoms with E-state index >= 15 is 0 Å². The number of nitrogens with zero attached hydrogens (tertiary/aromatic N) is 2. The van der Waals surface area contributed by atoms with Gasteiger partial charge in [0.1, 0.15) is 0 Å². The van der Waals surface area contributed by atoms with Crippen LogP contribution in [-0.4, -0.2) is 38.9 Å². The Morgan fingerprint density at radius 1 is 0.871 bits per heavy atom. The Balaban J connectivity index is 1.85. The van der Waals surface area contributed by atoms with Crippen molar-refractivity contribution in [3.05, 3.63) is 30.3 Å². The van der Waals surface area contributed by atoms with Crippen LogP contribution in [0.4, 0.5) is 4.79 Å². The zero-order valence-electron chi connectivity index (χ0n) is 20.0. The van der Waals surface area contributed by atoms with Gasteiger partial charge in [0, 0.05) is 17.5 Å². The van der Waals surface area contributed by atoms with Gasteiger partial charge in [-0.3, -0.25) is 4.57 Å². The van der Waals surface area contributed by atoms with Gasteiger partial charge in [0.15, 0.2) is 0 Å². The predicted octanol–water partition coefficient (Wildman–Crippen LogP) is 7.50. The molecule has 2 fully saturated rings. The molecule has 31 heavy (non-hydrogen) atoms. The van der Waals surface area contributed by atoms with Gasteiger partial charge < -0.3 is 4.90 Å². The molecule has 1 heterocycles. The zero-order valence-corrected chi connectivity index (χ0v) is 20.9. The molecule has 0 N–H and O–H groups in total. The van der Waals surface area contributed by atoms with Crippen molar-refractivity contribution < 1.29 is 4.79 Å². The summed E-state index contributed by atoms with van der Waals surface area (Å²) in [4.78, 5) is 16.2. The lowest BCUT2D eigenvalue weighted by atomic mass is 9.99. The van der Waals surface area contributed by atoms with E-state index in [1.54, 1.807) is 0 Å². The van der Waals surface area contributed by atoms with Crippen LogP contribution in [-0.2, 0) is 0 Å². The molecule has 0 atom stereocenters. The van der Waals surface area contributed by atoms with Crippen LogP contribution < -0.4 is 5.44 Å². The van der Waals surface area contributed by atoms with Crippen molar-refractivity contribution in [1.29, 1.82) is 0 Å². The lowest BCUT2D eigenvalue weighted by Crippen LogP contribution is -2.47. The molecule has 3 nitrogen and oxygen atoms in total. The number of carbonyl (C=O) groups is 1. The number of rotatable bonds is 5. The fourth-order valence-corrected chi connectivity index (χ4v) is 9.98. The second kappa shape index (κ2) is 10.1. The largest absolute Gasteiger partial charge is 0.329 e. The summed E-state index contributed by atoms with van der Waals surface area (Å²) in [5.74, 6) is 0. The molecular formula is C27H41N2OP. The summed E-state index contributed by atoms with van der Waals surface area (Å²) in [5, 5.41) is 1.23. The molecule has 0 saturated heterocycles. The highest BCUT2D eigenvalue weighted by atomic mass is 31.1. The molecule has 1 amide bonds. The molecule has 2 aliphatic rings. The maximum Gasteiger partial charge on any atom is 0.329 e. The van der Waals surface area contributed by atoms with Crippen LogP contribution in [0.2, 0.25) is 0 Å². The summed E-state index contributed by atoms with van der Waals surface area (Å²) in [6.07, 6.45) is 13.7. The Hall–Kier alpha value is -1.34. The standard InChI is InChI=1S/C27H41N2OP/c1-20(2)28(21(3)4)27(30)29-25-18-12-11-13-22(25)19-26(29)31(23-14-7-5-8-15-23)24-16-9-6-10-17-24/h11-13,18-21,23-24H,5-10,14-17H2,1-4H3. The highest BCUT2D eigenvalue weighted by Crippen LogP contribution is 2.55. The third-order valence-electron chi connectivity index (χ3n) is 7.42. The Labute approximate surface area is 190 Å². The number of hydrogen-bond donors (Lipinski definition) is 0. The maximum absolute atomic E-state index is 14.1. The van der Waals surface area contributed by atoms with E-state index in [2.05, 4.69) is 67.5 Å². The molecule has 170 valence electrons. The van der Waals surface area contributed by atoms with Crippen LogP contribution in [0.3, 0.4) is 0 Å². The Morgan fingerprint density at radius 2 is 1.39 bits per heavy atom. The molecule has 1 aromatic carbocycles. The summed E-state index contributed by atoms with van der Waals surface area (Å²) in [5.41, 5.74) is 4.04. The molecule has 1 aromatic heterocycles. The second-order valence-corrected chi connectivity index (χ2v) is 13.0. The SMILES string of the molecule is CC(C)N(C(=O)n1c(P(C2CCCCC2)C2CCCCC2)cc2ccccc21)C(C)C. The summed E-state index contributed by atoms with van der Waals surface area (Å²) in [6.45, 7) is 8.59. The maximum atomic E-state index is 14.1. The van der Waals surface area contributed by atoms with Gasteiger partial charge in [-0.05, 0) is 76.8 Å². The Morgan fingerprint density at radius 3 is 1.90 bits per heavy atom. The van der Waals surface area contributed by atoms with Gasteiger partial charge >= 0.3 is 6.03 Å². The van der Waals surface area contributed by atoms with Gasteiger partial charge in [-0.1, -0.05) is 64.6 Å². The minimum Gasteiger partial charge on any atom is -0.319 e. The number of benzene rings is 1. The highest BCUT2D eigenvalue weighted by molar-refractivity contribution is 7.66. The first-order valence-corrected chi connectivity index (χ1v) is 14.2. The number of carbonyl (C=O) groups excluding carboxylic acids is 1. The van der Waals surface area contributed by atoms with E-state index in [1.165, 1.54) is 75.0 Å². The first kappa shape index (κ1) is 22.8. The van der Waals surface area contributed by atoms with Crippen LogP contribution in [0.1, 0.15) is 91.9 Å². The van der Waals surface area contributed by atoms with E-state index in [1.807, 2.05) is 0 Å². The molecule has 0 radical (unpaired) electrons. The normalized spacial score (nSPS) is 19.1. The molecule has 0 unspecified atom stereocenters. The molecule has 2 saturated carbocycles. The van der Waals surface area contributed by atoms with Crippen molar-refractivity contribution in [3.63, 3.8) is 0 Å². The number of aromatic nitrogens is 1. The molecule has 2 aliphatic carbocycles. The summed E-state index contributed by atoms with van der Waals surface area (Å²) in [6, 6.07) is 11.5. The molecule has 4 heteroatoms. The van der Waals surface area contributed by atoms with Gasteiger partial charge in [-0.15, -0.1) is 0 Å². The highest BCUT2D eigenvalue weighted by Gasteiger charge is 2.36. The van der Waals surface area contributed by atoms with E-state index in [0.29, 0.717) is 0 Å². The van der Waals surface area contributed by atoms with E-state index in [0.717, 1.165) is 16.8 Å². The summed E-state index contributed by atoms with van der Waals surface area (Å²) in [7, 11) is -0.340. The van der Waals surface area contributed by atoms with Crippen molar-refractivity contribution >= 4 is 30.3 Å². The van der Waals surface area contributed by atoms with Gasteiger partial charge in [-0.25, -0.2) is 4.79 Å². The van der Waals surface area contributed by atoms with Gasteiger partial charge in [-0.2, -0.15) is 0 Å². The number of fused-ring (bicyclic) bond motifs is 1. The van der Waals surface area contributed by atoms with Gasteiger partial charge in [0.05, 0.1) is 11.0 Å². The van der Waals surface area contributed by atoms with Crippen molar-refractivity contribution in [1.82, 2.24) is 9.47 Å². The van der Waals surface area contributed by atoms with E-state index in [4.69, 9.17) is 0 Å². The fraction of sp³-hybridized carbons (Fsp3) is 0.667. The Kier molecular flexibility index (Phi) is 7.42. The van der Waals surface area contributed by atoms with Crippen LogP contribution in [0.15, 0.2) is 30.3 Å². The second-order valence-electron chi connectivity index (χ2n) is 10.3. The smallest absolute Gasteiger partial charge is 0.319 e. The van der Waals surface area contributed by atoms with Crippen LogP contribution in [0.5, 0.6) is 0 Å². The quantitative estimate of drug-likeness (QED) is 0.442. The topological polar surface area (TPSA) is 25.2 Å². The predicted molar refractivity (Wildman–Crippen MR) is 135 cm³/mol. The number of hydrogen-bond acceptors (Lipinski definition) is 1. The first-order valence-electron chi connectivity index (χ1n) is 12.7. The van der Waals surface area contributed by atoms with E-state index in [-0.39, 0.29) is 26.0 Å². The van der Waals surface area contributed by atoms with E-state index in [9.17, 15) is 4.79 Å². The van der Waals surface area contributed by atoms with Crippen LogP contribution in [0.25, 0.3) is 10.9 Å². The Bertz CT molecular complexity index is 848. The third-order valence-corrected chi connectivity index (χ3v) is 10.9. The molecule has 2 aromatic rings. The average molecular weight is 441 g/mol. The molecule has 0 spiro atoms. The number of amides is 1. The summed E-state index contributed by atoms with van der Waals surface area (Å²) >= 11 is 0. The molecule has 0 bridgehead atoms. The minimum atomic E-state index is -0.340. The fourth-order valence-electron chi connectivity index (χ4n) is 6.08. The lowest BCUT2D eigenvalue weighted by Gasteiger charge is -2.39. The first-order chi connectivity index (χ1) is 15.0. The minimum absolute atomic E-state index is 0.181. The molecular weight excluding hydrogens is 399 g/mol. The number of para-hydroxylation sites is 1. The van der Waals surface area contributed by atoms with Crippen molar-refractivity contribution in [2.45, 2.75) is 115 Å². The van der Waals surface area contributed by atoms with Crippen LogP contribution >= 0.6 is 7.92 Å². The monoisotopic (exact) mass is 440 g/mol. The van der Waals surface area contributed by atoms with Gasteiger partial charge in [0.25, 0.3) is 0 Å². The van der Waals surface area contributed by atoms with Crippen molar-refractivity contribution in [2.75, 3.05) is 0 Å². The van der Waals surface area contributed by atoms with E-state index < -0.39 is 0 Å². The van der Waals surface area contributed by atoms with Gasteiger partial charge in [0.2, 0.25) is 0 Å². The van der Waals surface area contributed by atoms with Crippen molar-refractivity contribution in [2.24, 2.45) is 0 Å². The van der Waals surface area contributed by atoms with Crippen LogP contribution in [0, 0.1) is 0 Å². The lowest BCUT2D eigenvalue weighted by molar-refractivity contribution is 0.168. The zero-order chi connectivity index (χ0) is 22.0. The third kappa shape index (κ3) is 4.72.